The van der Waals surface area contributed by atoms with Gasteiger partial charge in [-0.3, -0.25) is 9.98 Å². The van der Waals surface area contributed by atoms with Crippen molar-refractivity contribution in [3.63, 3.8) is 0 Å². The van der Waals surface area contributed by atoms with Crippen LogP contribution in [0.3, 0.4) is 0 Å². The maximum absolute atomic E-state index is 9.19. The van der Waals surface area contributed by atoms with Gasteiger partial charge in [0, 0.05) is 23.4 Å². The van der Waals surface area contributed by atoms with Crippen LogP contribution in [-0.4, -0.2) is 40.2 Å². The van der Waals surface area contributed by atoms with Gasteiger partial charge in [0.25, 0.3) is 0 Å². The highest BCUT2D eigenvalue weighted by atomic mass is 16.3. The fourth-order valence-corrected chi connectivity index (χ4v) is 1.59. The van der Waals surface area contributed by atoms with Crippen LogP contribution in [0.25, 0.3) is 10.9 Å². The van der Waals surface area contributed by atoms with E-state index in [9.17, 15) is 10.2 Å². The largest absolute Gasteiger partial charge is 0.394 e. The molecule has 4 heteroatoms. The first-order valence-electron chi connectivity index (χ1n) is 5.79. The monoisotopic (exact) mass is 244 g/mol. The lowest BCUT2D eigenvalue weighted by Gasteiger charge is -2.18. The van der Waals surface area contributed by atoms with E-state index in [-0.39, 0.29) is 13.2 Å². The molecule has 18 heavy (non-hydrogen) atoms. The summed E-state index contributed by atoms with van der Waals surface area (Å²) in [5.41, 5.74) is 0.981. The van der Waals surface area contributed by atoms with Gasteiger partial charge in [0.15, 0.2) is 0 Å². The van der Waals surface area contributed by atoms with Gasteiger partial charge >= 0.3 is 0 Å². The van der Waals surface area contributed by atoms with Crippen molar-refractivity contribution in [3.05, 3.63) is 42.1 Å². The molecule has 0 amide bonds. The second-order valence-corrected chi connectivity index (χ2v) is 4.49. The summed E-state index contributed by atoms with van der Waals surface area (Å²) in [5, 5.41) is 19.4. The van der Waals surface area contributed by atoms with E-state index in [0.717, 1.165) is 16.5 Å². The quantitative estimate of drug-likeness (QED) is 0.799. The topological polar surface area (TPSA) is 65.7 Å². The molecule has 0 bridgehead atoms. The molecular formula is C14H16N2O2. The van der Waals surface area contributed by atoms with E-state index in [2.05, 4.69) is 9.98 Å². The number of aliphatic imine (C=N–C) groups is 1. The Bertz CT molecular complexity index is 557. The van der Waals surface area contributed by atoms with Crippen LogP contribution in [0.5, 0.6) is 0 Å². The van der Waals surface area contributed by atoms with Gasteiger partial charge in [-0.05, 0) is 19.1 Å². The molecule has 2 rings (SSSR count). The zero-order valence-electron chi connectivity index (χ0n) is 10.2. The van der Waals surface area contributed by atoms with Crippen molar-refractivity contribution >= 4 is 17.1 Å². The minimum absolute atomic E-state index is 0.191. The van der Waals surface area contributed by atoms with Gasteiger partial charge in [-0.15, -0.1) is 0 Å². The van der Waals surface area contributed by atoms with Crippen molar-refractivity contribution < 1.29 is 10.2 Å². The predicted octanol–water partition coefficient (Wildman–Crippen LogP) is 1.40. The summed E-state index contributed by atoms with van der Waals surface area (Å²) >= 11 is 0. The number of nitrogens with zero attached hydrogens (tertiary/aromatic N) is 2. The van der Waals surface area contributed by atoms with E-state index in [0.29, 0.717) is 0 Å². The first kappa shape index (κ1) is 12.7. The van der Waals surface area contributed by atoms with Crippen LogP contribution in [-0.2, 0) is 0 Å². The standard InChI is InChI=1S/C14H16N2O2/c1-14(9-17,10-18)16-8-11-6-7-15-13-5-3-2-4-12(11)13/h2-8,17-18H,9-10H2,1H3. The minimum atomic E-state index is -0.843. The van der Waals surface area contributed by atoms with Crippen LogP contribution in [0.1, 0.15) is 12.5 Å². The summed E-state index contributed by atoms with van der Waals surface area (Å²) in [5.74, 6) is 0. The van der Waals surface area contributed by atoms with Gasteiger partial charge < -0.3 is 10.2 Å². The van der Waals surface area contributed by atoms with Crippen molar-refractivity contribution in [2.45, 2.75) is 12.5 Å². The number of hydrogen-bond donors (Lipinski definition) is 2. The molecule has 0 aliphatic carbocycles. The first-order valence-corrected chi connectivity index (χ1v) is 5.79. The third kappa shape index (κ3) is 2.55. The minimum Gasteiger partial charge on any atom is -0.394 e. The average Bonchev–Trinajstić information content (AvgIpc) is 2.44. The second-order valence-electron chi connectivity index (χ2n) is 4.49. The Balaban J connectivity index is 2.40. The maximum atomic E-state index is 9.19. The second kappa shape index (κ2) is 5.25. The number of fused-ring (bicyclic) bond motifs is 1. The van der Waals surface area contributed by atoms with Crippen molar-refractivity contribution in [1.82, 2.24) is 4.98 Å². The van der Waals surface area contributed by atoms with Crippen LogP contribution >= 0.6 is 0 Å². The fraction of sp³-hybridized carbons (Fsp3) is 0.286. The lowest BCUT2D eigenvalue weighted by atomic mass is 10.1. The molecule has 0 fully saturated rings. The molecule has 0 unspecified atom stereocenters. The summed E-state index contributed by atoms with van der Waals surface area (Å²) in [6.07, 6.45) is 3.40. The van der Waals surface area contributed by atoms with Gasteiger partial charge in [0.1, 0.15) is 5.54 Å². The van der Waals surface area contributed by atoms with E-state index >= 15 is 0 Å². The molecule has 4 nitrogen and oxygen atoms in total. The molecule has 0 aliphatic heterocycles. The number of aromatic nitrogens is 1. The third-order valence-corrected chi connectivity index (χ3v) is 2.88. The molecule has 0 saturated carbocycles. The predicted molar refractivity (Wildman–Crippen MR) is 71.9 cm³/mol. The highest BCUT2D eigenvalue weighted by Gasteiger charge is 2.19. The average molecular weight is 244 g/mol. The van der Waals surface area contributed by atoms with Gasteiger partial charge in [-0.1, -0.05) is 18.2 Å². The zero-order chi connectivity index (χ0) is 13.0. The molecule has 94 valence electrons. The molecule has 0 saturated heterocycles. The summed E-state index contributed by atoms with van der Waals surface area (Å²) < 4.78 is 0. The molecule has 1 heterocycles. The summed E-state index contributed by atoms with van der Waals surface area (Å²) in [6.45, 7) is 1.32. The molecule has 2 aromatic rings. The van der Waals surface area contributed by atoms with Crippen LogP contribution in [0.15, 0.2) is 41.5 Å². The van der Waals surface area contributed by atoms with Gasteiger partial charge in [-0.2, -0.15) is 0 Å². The van der Waals surface area contributed by atoms with Crippen LogP contribution < -0.4 is 0 Å². The van der Waals surface area contributed by atoms with Crippen LogP contribution in [0.4, 0.5) is 0 Å². The summed E-state index contributed by atoms with van der Waals surface area (Å²) in [4.78, 5) is 8.53. The molecule has 1 aromatic carbocycles. The number of pyridine rings is 1. The molecule has 0 spiro atoms. The Hall–Kier alpha value is -1.78. The molecule has 0 atom stereocenters. The van der Waals surface area contributed by atoms with E-state index < -0.39 is 5.54 Å². The van der Waals surface area contributed by atoms with E-state index in [4.69, 9.17) is 0 Å². The van der Waals surface area contributed by atoms with Gasteiger partial charge in [0.05, 0.1) is 18.7 Å². The van der Waals surface area contributed by atoms with Crippen molar-refractivity contribution in [2.75, 3.05) is 13.2 Å². The third-order valence-electron chi connectivity index (χ3n) is 2.88. The van der Waals surface area contributed by atoms with Crippen LogP contribution in [0, 0.1) is 0 Å². The summed E-state index contributed by atoms with van der Waals surface area (Å²) in [7, 11) is 0. The SMILES string of the molecule is CC(CO)(CO)N=Cc1ccnc2ccccc12. The first-order chi connectivity index (χ1) is 8.68. The Morgan fingerprint density at radius 1 is 1.22 bits per heavy atom. The maximum Gasteiger partial charge on any atom is 0.104 e. The Morgan fingerprint density at radius 3 is 2.67 bits per heavy atom. The van der Waals surface area contributed by atoms with E-state index in [1.54, 1.807) is 19.3 Å². The molecule has 0 radical (unpaired) electrons. The lowest BCUT2D eigenvalue weighted by Crippen LogP contribution is -2.31. The summed E-state index contributed by atoms with van der Waals surface area (Å²) in [6, 6.07) is 9.64. The van der Waals surface area contributed by atoms with Crippen LogP contribution in [0.2, 0.25) is 0 Å². The molecule has 2 N–H and O–H groups in total. The Morgan fingerprint density at radius 2 is 1.94 bits per heavy atom. The smallest absolute Gasteiger partial charge is 0.104 e. The lowest BCUT2D eigenvalue weighted by molar-refractivity contribution is 0.136. The van der Waals surface area contributed by atoms with E-state index in [1.807, 2.05) is 30.3 Å². The number of aliphatic hydroxyl groups is 2. The number of aliphatic hydroxyl groups excluding tert-OH is 2. The number of benzene rings is 1. The molecule has 0 aliphatic rings. The Kier molecular flexibility index (Phi) is 3.69. The zero-order valence-corrected chi connectivity index (χ0v) is 10.2. The highest BCUT2D eigenvalue weighted by molar-refractivity contribution is 5.98. The fourth-order valence-electron chi connectivity index (χ4n) is 1.59. The highest BCUT2D eigenvalue weighted by Crippen LogP contribution is 2.15. The van der Waals surface area contributed by atoms with Crippen molar-refractivity contribution in [3.8, 4) is 0 Å². The molecule has 1 aromatic heterocycles. The van der Waals surface area contributed by atoms with Gasteiger partial charge in [-0.25, -0.2) is 0 Å². The van der Waals surface area contributed by atoms with E-state index in [1.165, 1.54) is 0 Å². The number of hydrogen-bond acceptors (Lipinski definition) is 4. The van der Waals surface area contributed by atoms with Crippen molar-refractivity contribution in [1.29, 1.82) is 0 Å². The number of rotatable bonds is 4. The number of para-hydroxylation sites is 1. The van der Waals surface area contributed by atoms with Gasteiger partial charge in [0.2, 0.25) is 0 Å². The molecular weight excluding hydrogens is 228 g/mol. The van der Waals surface area contributed by atoms with Crippen molar-refractivity contribution in [2.24, 2.45) is 4.99 Å². The normalized spacial score (nSPS) is 12.4. The Labute approximate surface area is 106 Å².